The molecule has 0 spiro atoms. The Hall–Kier alpha value is -2.28. The van der Waals surface area contributed by atoms with Gasteiger partial charge in [-0.15, -0.1) is 0 Å². The Kier molecular flexibility index (Phi) is 6.55. The summed E-state index contributed by atoms with van der Waals surface area (Å²) in [6.45, 7) is 4.12. The first-order chi connectivity index (χ1) is 13.1. The van der Waals surface area contributed by atoms with Crippen molar-refractivity contribution in [3.63, 3.8) is 0 Å². The van der Waals surface area contributed by atoms with Gasteiger partial charge in [0.15, 0.2) is 0 Å². The number of imide groups is 1. The third-order valence-corrected chi connectivity index (χ3v) is 5.49. The van der Waals surface area contributed by atoms with Crippen molar-refractivity contribution in [1.29, 1.82) is 0 Å². The largest absolute Gasteiger partial charge is 0.464 e. The Bertz CT molecular complexity index is 739. The molecule has 1 aromatic carbocycles. The first-order valence-electron chi connectivity index (χ1n) is 9.34. The number of hydrogen-bond donors (Lipinski definition) is 0. The molecule has 6 nitrogen and oxygen atoms in total. The molecule has 7 heteroatoms. The molecule has 2 fully saturated rings. The van der Waals surface area contributed by atoms with E-state index in [1.807, 2.05) is 31.2 Å². The molecule has 0 unspecified atom stereocenters. The molecule has 2 aliphatic rings. The highest BCUT2D eigenvalue weighted by molar-refractivity contribution is 8.18. The van der Waals surface area contributed by atoms with Crippen LogP contribution in [0.15, 0.2) is 29.2 Å². The molecule has 1 aromatic rings. The fourth-order valence-electron chi connectivity index (χ4n) is 3.05. The molecule has 27 heavy (non-hydrogen) atoms. The number of thioether (sulfide) groups is 1. The van der Waals surface area contributed by atoms with Crippen molar-refractivity contribution in [2.24, 2.45) is 0 Å². The molecule has 2 aliphatic heterocycles. The fraction of sp³-hybridized carbons (Fsp3) is 0.450. The molecule has 0 N–H and O–H groups in total. The van der Waals surface area contributed by atoms with Gasteiger partial charge >= 0.3 is 5.97 Å². The lowest BCUT2D eigenvalue weighted by atomic mass is 10.2. The van der Waals surface area contributed by atoms with Crippen LogP contribution in [0.2, 0.25) is 0 Å². The average molecular weight is 388 g/mol. The number of benzene rings is 1. The van der Waals surface area contributed by atoms with Crippen LogP contribution in [-0.4, -0.2) is 48.3 Å². The number of esters is 1. The number of anilines is 1. The Morgan fingerprint density at radius 3 is 2.56 bits per heavy atom. The third-order valence-electron chi connectivity index (χ3n) is 4.58. The summed E-state index contributed by atoms with van der Waals surface area (Å²) in [5.41, 5.74) is 2.03. The van der Waals surface area contributed by atoms with Crippen molar-refractivity contribution in [1.82, 2.24) is 4.90 Å². The number of ether oxygens (including phenoxy) is 1. The lowest BCUT2D eigenvalue weighted by molar-refractivity contribution is -0.146. The normalized spacial score (nSPS) is 18.6. The molecule has 2 amide bonds. The second-order valence-corrected chi connectivity index (χ2v) is 7.62. The van der Waals surface area contributed by atoms with Gasteiger partial charge < -0.3 is 9.64 Å². The van der Waals surface area contributed by atoms with Crippen LogP contribution in [0.4, 0.5) is 10.5 Å². The van der Waals surface area contributed by atoms with Gasteiger partial charge in [-0.25, -0.2) is 0 Å². The minimum absolute atomic E-state index is 0.310. The maximum Gasteiger partial charge on any atom is 0.326 e. The van der Waals surface area contributed by atoms with E-state index in [0.717, 1.165) is 48.2 Å². The zero-order valence-corrected chi connectivity index (χ0v) is 16.3. The summed E-state index contributed by atoms with van der Waals surface area (Å²) in [5, 5.41) is -0.438. The van der Waals surface area contributed by atoms with E-state index in [0.29, 0.717) is 11.5 Å². The number of hydrogen-bond acceptors (Lipinski definition) is 6. The van der Waals surface area contributed by atoms with Crippen molar-refractivity contribution in [3.8, 4) is 0 Å². The molecule has 3 rings (SSSR count). The van der Waals surface area contributed by atoms with Gasteiger partial charge in [-0.3, -0.25) is 19.3 Å². The maximum atomic E-state index is 12.5. The number of nitrogens with zero attached hydrogens (tertiary/aromatic N) is 2. The molecular formula is C20H24N2O4S. The van der Waals surface area contributed by atoms with Gasteiger partial charge in [0.2, 0.25) is 0 Å². The molecular weight excluding hydrogens is 364 g/mol. The molecule has 2 saturated heterocycles. The topological polar surface area (TPSA) is 66.9 Å². The third kappa shape index (κ3) is 4.91. The summed E-state index contributed by atoms with van der Waals surface area (Å²) in [5.74, 6) is -0.997. The van der Waals surface area contributed by atoms with Crippen LogP contribution in [0.3, 0.4) is 0 Å². The zero-order valence-electron chi connectivity index (χ0n) is 15.5. The monoisotopic (exact) mass is 388 g/mol. The van der Waals surface area contributed by atoms with E-state index >= 15 is 0 Å². The zero-order chi connectivity index (χ0) is 19.2. The summed E-state index contributed by atoms with van der Waals surface area (Å²) in [4.78, 5) is 40.0. The van der Waals surface area contributed by atoms with E-state index in [-0.39, 0.29) is 6.54 Å². The Morgan fingerprint density at radius 2 is 1.89 bits per heavy atom. The van der Waals surface area contributed by atoms with Crippen LogP contribution in [-0.2, 0) is 14.3 Å². The van der Waals surface area contributed by atoms with Gasteiger partial charge in [-0.05, 0) is 54.8 Å². The van der Waals surface area contributed by atoms with E-state index in [4.69, 9.17) is 4.74 Å². The molecule has 144 valence electrons. The van der Waals surface area contributed by atoms with Crippen molar-refractivity contribution in [3.05, 3.63) is 34.7 Å². The fourth-order valence-corrected chi connectivity index (χ4v) is 3.89. The first kappa shape index (κ1) is 19.5. The molecule has 2 heterocycles. The number of carbonyl (C=O) groups is 3. The molecule has 0 aliphatic carbocycles. The SMILES string of the molecule is CCCCOC(=O)CN1C(=O)S/C(=C/c2ccc(N3CCCC3)cc2)C1=O. The summed E-state index contributed by atoms with van der Waals surface area (Å²) in [7, 11) is 0. The van der Waals surface area contributed by atoms with Crippen LogP contribution in [0.25, 0.3) is 6.08 Å². The average Bonchev–Trinajstić information content (AvgIpc) is 3.28. The van der Waals surface area contributed by atoms with Crippen molar-refractivity contribution < 1.29 is 19.1 Å². The highest BCUT2D eigenvalue weighted by Gasteiger charge is 2.36. The van der Waals surface area contributed by atoms with Gasteiger partial charge in [0, 0.05) is 18.8 Å². The quantitative estimate of drug-likeness (QED) is 0.403. The Balaban J connectivity index is 1.62. The van der Waals surface area contributed by atoms with Crippen molar-refractivity contribution in [2.45, 2.75) is 32.6 Å². The second kappa shape index (κ2) is 9.08. The van der Waals surface area contributed by atoms with Gasteiger partial charge in [-0.2, -0.15) is 0 Å². The van der Waals surface area contributed by atoms with Crippen LogP contribution < -0.4 is 4.90 Å². The Labute approximate surface area is 163 Å². The molecule has 0 atom stereocenters. The summed E-state index contributed by atoms with van der Waals surface area (Å²) < 4.78 is 5.04. The van der Waals surface area contributed by atoms with Crippen molar-refractivity contribution in [2.75, 3.05) is 31.1 Å². The van der Waals surface area contributed by atoms with Crippen LogP contribution >= 0.6 is 11.8 Å². The van der Waals surface area contributed by atoms with E-state index < -0.39 is 17.1 Å². The van der Waals surface area contributed by atoms with Gasteiger partial charge in [0.1, 0.15) is 6.54 Å². The number of amides is 2. The van der Waals surface area contributed by atoms with Gasteiger partial charge in [0.05, 0.1) is 11.5 Å². The van der Waals surface area contributed by atoms with E-state index in [1.165, 1.54) is 18.5 Å². The molecule has 0 aromatic heterocycles. The first-order valence-corrected chi connectivity index (χ1v) is 10.2. The summed E-state index contributed by atoms with van der Waals surface area (Å²) in [6, 6.07) is 7.96. The highest BCUT2D eigenvalue weighted by Crippen LogP contribution is 2.32. The van der Waals surface area contributed by atoms with Crippen molar-refractivity contribution >= 4 is 40.6 Å². The van der Waals surface area contributed by atoms with Crippen LogP contribution in [0.1, 0.15) is 38.2 Å². The van der Waals surface area contributed by atoms with Gasteiger partial charge in [-0.1, -0.05) is 25.5 Å². The van der Waals surface area contributed by atoms with E-state index in [1.54, 1.807) is 6.08 Å². The standard InChI is InChI=1S/C20H24N2O4S/c1-2-3-12-26-18(23)14-22-19(24)17(27-20(22)25)13-15-6-8-16(9-7-15)21-10-4-5-11-21/h6-9,13H,2-5,10-12,14H2,1H3/b17-13+. The number of carbonyl (C=O) groups excluding carboxylic acids is 3. The lowest BCUT2D eigenvalue weighted by Crippen LogP contribution is -2.34. The smallest absolute Gasteiger partial charge is 0.326 e. The van der Waals surface area contributed by atoms with E-state index in [2.05, 4.69) is 4.90 Å². The summed E-state index contributed by atoms with van der Waals surface area (Å²) >= 11 is 0.857. The summed E-state index contributed by atoms with van der Waals surface area (Å²) in [6.07, 6.45) is 5.81. The van der Waals surface area contributed by atoms with Crippen LogP contribution in [0, 0.1) is 0 Å². The van der Waals surface area contributed by atoms with Crippen LogP contribution in [0.5, 0.6) is 0 Å². The van der Waals surface area contributed by atoms with Gasteiger partial charge in [0.25, 0.3) is 11.1 Å². The van der Waals surface area contributed by atoms with E-state index in [9.17, 15) is 14.4 Å². The molecule has 0 radical (unpaired) electrons. The predicted octanol–water partition coefficient (Wildman–Crippen LogP) is 3.67. The minimum Gasteiger partial charge on any atom is -0.464 e. The molecule has 0 bridgehead atoms. The second-order valence-electron chi connectivity index (χ2n) is 6.63. The Morgan fingerprint density at radius 1 is 1.19 bits per heavy atom. The minimum atomic E-state index is -0.554. The highest BCUT2D eigenvalue weighted by atomic mass is 32.2. The lowest BCUT2D eigenvalue weighted by Gasteiger charge is -2.17. The number of rotatable bonds is 7. The molecule has 0 saturated carbocycles. The number of unbranched alkanes of at least 4 members (excludes halogenated alkanes) is 1. The predicted molar refractivity (Wildman–Crippen MR) is 106 cm³/mol. The maximum absolute atomic E-state index is 12.5.